The van der Waals surface area contributed by atoms with E-state index in [1.807, 2.05) is 18.2 Å². The monoisotopic (exact) mass is 435 g/mol. The minimum absolute atomic E-state index is 0.0738. The first-order valence-corrected chi connectivity index (χ1v) is 9.07. The molecule has 1 aromatic heterocycles. The van der Waals surface area contributed by atoms with E-state index in [1.165, 1.54) is 5.56 Å². The minimum Gasteiger partial charge on any atom is -0.263 e. The van der Waals surface area contributed by atoms with Crippen molar-refractivity contribution in [3.63, 3.8) is 0 Å². The lowest BCUT2D eigenvalue weighted by Crippen LogP contribution is -2.33. The number of hydrogen-bond donors (Lipinski definition) is 0. The molecule has 2 aromatic rings. The summed E-state index contributed by atoms with van der Waals surface area (Å²) in [6, 6.07) is 9.95. The summed E-state index contributed by atoms with van der Waals surface area (Å²) in [6.45, 7) is 0. The van der Waals surface area contributed by atoms with Gasteiger partial charge in [-0.2, -0.15) is 0 Å². The van der Waals surface area contributed by atoms with Crippen LogP contribution in [-0.2, 0) is 11.8 Å². The topological polar surface area (TPSA) is 12.9 Å². The number of benzene rings is 1. The highest BCUT2D eigenvalue weighted by atomic mass is 79.9. The molecule has 0 aliphatic carbocycles. The molecule has 0 bridgehead atoms. The molecule has 2 rings (SSSR count). The third-order valence-corrected chi connectivity index (χ3v) is 6.09. The van der Waals surface area contributed by atoms with Crippen molar-refractivity contribution in [1.82, 2.24) is 4.98 Å². The number of hydrogen-bond acceptors (Lipinski definition) is 1. The standard InChI is InChI=1S/C15H13Br2Cl2N/c16-9-15(10-17,12-1-3-13(18)4-2-12)7-11-5-6-20-8-14(11)19/h1-6,8H,7,9-10H2. The zero-order valence-corrected chi connectivity index (χ0v) is 15.3. The van der Waals surface area contributed by atoms with Gasteiger partial charge in [0.25, 0.3) is 0 Å². The molecule has 0 atom stereocenters. The molecule has 0 unspecified atom stereocenters. The maximum Gasteiger partial charge on any atom is 0.0621 e. The van der Waals surface area contributed by atoms with Crippen LogP contribution < -0.4 is 0 Å². The number of halogens is 4. The van der Waals surface area contributed by atoms with Crippen molar-refractivity contribution >= 4 is 55.1 Å². The van der Waals surface area contributed by atoms with E-state index in [0.717, 1.165) is 27.7 Å². The summed E-state index contributed by atoms with van der Waals surface area (Å²) in [5.74, 6) is 0. The lowest BCUT2D eigenvalue weighted by atomic mass is 9.79. The quantitative estimate of drug-likeness (QED) is 0.550. The first kappa shape index (κ1) is 16.3. The van der Waals surface area contributed by atoms with Crippen LogP contribution in [-0.4, -0.2) is 15.6 Å². The summed E-state index contributed by atoms with van der Waals surface area (Å²) in [6.07, 6.45) is 4.29. The maximum atomic E-state index is 6.24. The Hall–Kier alpha value is -0.0900. The fourth-order valence-electron chi connectivity index (χ4n) is 2.10. The third kappa shape index (κ3) is 3.56. The molecule has 1 aromatic carbocycles. The fourth-order valence-corrected chi connectivity index (χ4v) is 4.39. The number of alkyl halides is 2. The van der Waals surface area contributed by atoms with E-state index in [1.54, 1.807) is 12.4 Å². The van der Waals surface area contributed by atoms with Crippen LogP contribution in [0.2, 0.25) is 10.0 Å². The molecule has 0 amide bonds. The molecule has 106 valence electrons. The molecule has 5 heteroatoms. The predicted octanol–water partition coefficient (Wildman–Crippen LogP) is 5.66. The highest BCUT2D eigenvalue weighted by Gasteiger charge is 2.31. The van der Waals surface area contributed by atoms with Crippen molar-refractivity contribution in [2.24, 2.45) is 0 Å². The smallest absolute Gasteiger partial charge is 0.0621 e. The van der Waals surface area contributed by atoms with E-state index in [0.29, 0.717) is 5.02 Å². The first-order chi connectivity index (χ1) is 9.61. The molecule has 0 spiro atoms. The Morgan fingerprint density at radius 1 is 1.00 bits per heavy atom. The molecule has 1 heterocycles. The van der Waals surface area contributed by atoms with Crippen LogP contribution in [0.15, 0.2) is 42.7 Å². The van der Waals surface area contributed by atoms with Gasteiger partial charge in [0.2, 0.25) is 0 Å². The van der Waals surface area contributed by atoms with Crippen molar-refractivity contribution < 1.29 is 0 Å². The van der Waals surface area contributed by atoms with E-state index in [-0.39, 0.29) is 5.41 Å². The molecule has 0 saturated carbocycles. The van der Waals surface area contributed by atoms with Gasteiger partial charge in [0, 0.05) is 33.5 Å². The molecule has 0 fully saturated rings. The number of nitrogens with zero attached hydrogens (tertiary/aromatic N) is 1. The Morgan fingerprint density at radius 3 is 2.20 bits per heavy atom. The van der Waals surface area contributed by atoms with E-state index < -0.39 is 0 Å². The van der Waals surface area contributed by atoms with Crippen molar-refractivity contribution in [1.29, 1.82) is 0 Å². The van der Waals surface area contributed by atoms with Gasteiger partial charge in [-0.15, -0.1) is 0 Å². The van der Waals surface area contributed by atoms with Crippen molar-refractivity contribution in [2.75, 3.05) is 10.7 Å². The molecule has 1 nitrogen and oxygen atoms in total. The fraction of sp³-hybridized carbons (Fsp3) is 0.267. The van der Waals surface area contributed by atoms with Gasteiger partial charge in [-0.3, -0.25) is 4.98 Å². The summed E-state index contributed by atoms with van der Waals surface area (Å²) < 4.78 is 0. The van der Waals surface area contributed by atoms with Gasteiger partial charge in [0.1, 0.15) is 0 Å². The minimum atomic E-state index is -0.0738. The van der Waals surface area contributed by atoms with Gasteiger partial charge in [-0.1, -0.05) is 67.2 Å². The maximum absolute atomic E-state index is 6.24. The van der Waals surface area contributed by atoms with E-state index >= 15 is 0 Å². The zero-order chi connectivity index (χ0) is 14.6. The Balaban J connectivity index is 2.39. The zero-order valence-electron chi connectivity index (χ0n) is 10.6. The number of rotatable bonds is 5. The van der Waals surface area contributed by atoms with Gasteiger partial charge < -0.3 is 0 Å². The highest BCUT2D eigenvalue weighted by molar-refractivity contribution is 9.09. The predicted molar refractivity (Wildman–Crippen MR) is 93.7 cm³/mol. The Kier molecular flexibility index (Phi) is 5.91. The molecule has 20 heavy (non-hydrogen) atoms. The lowest BCUT2D eigenvalue weighted by Gasteiger charge is -2.31. The lowest BCUT2D eigenvalue weighted by molar-refractivity contribution is 0.551. The van der Waals surface area contributed by atoms with Crippen LogP contribution in [0.4, 0.5) is 0 Å². The molecule has 0 aliphatic heterocycles. The van der Waals surface area contributed by atoms with E-state index in [9.17, 15) is 0 Å². The molecule has 0 aliphatic rings. The number of aromatic nitrogens is 1. The van der Waals surface area contributed by atoms with E-state index in [4.69, 9.17) is 23.2 Å². The average Bonchev–Trinajstić information content (AvgIpc) is 2.48. The van der Waals surface area contributed by atoms with Gasteiger partial charge in [-0.25, -0.2) is 0 Å². The molecule has 0 N–H and O–H groups in total. The molecule has 0 saturated heterocycles. The first-order valence-electron chi connectivity index (χ1n) is 6.08. The summed E-state index contributed by atoms with van der Waals surface area (Å²) in [5, 5.41) is 3.10. The molecule has 0 radical (unpaired) electrons. The van der Waals surface area contributed by atoms with Crippen molar-refractivity contribution in [2.45, 2.75) is 11.8 Å². The summed E-state index contributed by atoms with van der Waals surface area (Å²) in [7, 11) is 0. The van der Waals surface area contributed by atoms with E-state index in [2.05, 4.69) is 49.0 Å². The van der Waals surface area contributed by atoms with Gasteiger partial charge in [0.15, 0.2) is 0 Å². The SMILES string of the molecule is Clc1ccc(C(CBr)(CBr)Cc2ccncc2Cl)cc1. The van der Waals surface area contributed by atoms with Crippen LogP contribution in [0.5, 0.6) is 0 Å². The van der Waals surface area contributed by atoms with Gasteiger partial charge in [0.05, 0.1) is 5.02 Å². The molecular formula is C15H13Br2Cl2N. The largest absolute Gasteiger partial charge is 0.263 e. The van der Waals surface area contributed by atoms with Crippen LogP contribution in [0.3, 0.4) is 0 Å². The number of pyridine rings is 1. The second-order valence-electron chi connectivity index (χ2n) is 4.70. The second-order valence-corrected chi connectivity index (χ2v) is 6.66. The summed E-state index contributed by atoms with van der Waals surface area (Å²) in [4.78, 5) is 4.04. The normalized spacial score (nSPS) is 11.6. The van der Waals surface area contributed by atoms with Crippen LogP contribution >= 0.6 is 55.1 Å². The summed E-state index contributed by atoms with van der Waals surface area (Å²) >= 11 is 19.5. The van der Waals surface area contributed by atoms with Gasteiger partial charge >= 0.3 is 0 Å². The Bertz CT molecular complexity index is 568. The van der Waals surface area contributed by atoms with Gasteiger partial charge in [-0.05, 0) is 35.7 Å². The third-order valence-electron chi connectivity index (χ3n) is 3.35. The van der Waals surface area contributed by atoms with Crippen LogP contribution in [0.1, 0.15) is 11.1 Å². The molecular weight excluding hydrogens is 425 g/mol. The summed E-state index contributed by atoms with van der Waals surface area (Å²) in [5.41, 5.74) is 2.24. The van der Waals surface area contributed by atoms with Crippen molar-refractivity contribution in [3.05, 3.63) is 63.9 Å². The highest BCUT2D eigenvalue weighted by Crippen LogP contribution is 2.35. The van der Waals surface area contributed by atoms with Crippen LogP contribution in [0.25, 0.3) is 0 Å². The Labute approximate surface area is 146 Å². The van der Waals surface area contributed by atoms with Crippen LogP contribution in [0, 0.1) is 0 Å². The van der Waals surface area contributed by atoms with Crippen molar-refractivity contribution in [3.8, 4) is 0 Å². The Morgan fingerprint density at radius 2 is 1.65 bits per heavy atom. The second kappa shape index (κ2) is 7.26. The average molecular weight is 438 g/mol.